The average Bonchev–Trinajstić information content (AvgIpc) is 2.60. The van der Waals surface area contributed by atoms with Crippen molar-refractivity contribution in [2.75, 3.05) is 24.3 Å². The van der Waals surface area contributed by atoms with Gasteiger partial charge in [0.05, 0.1) is 22.7 Å². The minimum Gasteiger partial charge on any atom is -0.440 e. The number of benzene rings is 1. The largest absolute Gasteiger partial charge is 0.440 e. The molecule has 0 saturated heterocycles. The standard InChI is InChI=1S/C20H21BrClN3O2/c1-10-8-13(12(3)23-15-6-7-16(22)24-19(15)21)18-14(9-10)17(26)11(2)20(27-18)25(4)5/h6-9,12,23H,1-5H3. The molecule has 0 bridgehead atoms. The highest BCUT2D eigenvalue weighted by molar-refractivity contribution is 9.10. The SMILES string of the molecule is Cc1cc(C(C)Nc2ccc(Cl)nc2Br)c2oc(N(C)C)c(C)c(=O)c2c1. The lowest BCUT2D eigenvalue weighted by Crippen LogP contribution is -2.17. The first-order valence-corrected chi connectivity index (χ1v) is 9.70. The summed E-state index contributed by atoms with van der Waals surface area (Å²) < 4.78 is 6.80. The van der Waals surface area contributed by atoms with E-state index >= 15 is 0 Å². The van der Waals surface area contributed by atoms with Gasteiger partial charge in [0.25, 0.3) is 0 Å². The molecule has 0 amide bonds. The average molecular weight is 451 g/mol. The molecule has 142 valence electrons. The van der Waals surface area contributed by atoms with Crippen LogP contribution in [0, 0.1) is 13.8 Å². The third-order valence-electron chi connectivity index (χ3n) is 4.43. The van der Waals surface area contributed by atoms with Crippen LogP contribution in [0.25, 0.3) is 11.0 Å². The van der Waals surface area contributed by atoms with E-state index in [0.29, 0.717) is 32.2 Å². The summed E-state index contributed by atoms with van der Waals surface area (Å²) in [6.07, 6.45) is 0. The van der Waals surface area contributed by atoms with Gasteiger partial charge in [0.2, 0.25) is 5.88 Å². The lowest BCUT2D eigenvalue weighted by Gasteiger charge is -2.20. The predicted molar refractivity (Wildman–Crippen MR) is 115 cm³/mol. The van der Waals surface area contributed by atoms with E-state index in [4.69, 9.17) is 16.0 Å². The molecule has 5 nitrogen and oxygen atoms in total. The number of nitrogens with one attached hydrogen (secondary N) is 1. The molecule has 3 rings (SSSR count). The highest BCUT2D eigenvalue weighted by atomic mass is 79.9. The van der Waals surface area contributed by atoms with E-state index in [1.807, 2.05) is 51.0 Å². The molecule has 0 aliphatic carbocycles. The molecular formula is C20H21BrClN3O2. The molecule has 7 heteroatoms. The molecule has 2 heterocycles. The van der Waals surface area contributed by atoms with Gasteiger partial charge in [-0.05, 0) is 60.5 Å². The predicted octanol–water partition coefficient (Wildman–Crippen LogP) is 5.46. The van der Waals surface area contributed by atoms with Crippen LogP contribution in [-0.2, 0) is 0 Å². The molecule has 0 radical (unpaired) electrons. The van der Waals surface area contributed by atoms with Crippen molar-refractivity contribution in [3.8, 4) is 0 Å². The molecule has 2 aromatic heterocycles. The van der Waals surface area contributed by atoms with Crippen LogP contribution in [0.3, 0.4) is 0 Å². The van der Waals surface area contributed by atoms with Gasteiger partial charge in [0.15, 0.2) is 5.43 Å². The van der Waals surface area contributed by atoms with E-state index < -0.39 is 0 Å². The van der Waals surface area contributed by atoms with Gasteiger partial charge in [0.1, 0.15) is 15.3 Å². The quantitative estimate of drug-likeness (QED) is 0.535. The van der Waals surface area contributed by atoms with Gasteiger partial charge in [-0.25, -0.2) is 4.98 Å². The fourth-order valence-electron chi connectivity index (χ4n) is 3.14. The number of pyridine rings is 1. The maximum atomic E-state index is 12.9. The Morgan fingerprint density at radius 3 is 2.59 bits per heavy atom. The summed E-state index contributed by atoms with van der Waals surface area (Å²) in [6.45, 7) is 5.79. The van der Waals surface area contributed by atoms with Crippen LogP contribution >= 0.6 is 27.5 Å². The summed E-state index contributed by atoms with van der Waals surface area (Å²) in [7, 11) is 3.73. The molecular weight excluding hydrogens is 430 g/mol. The van der Waals surface area contributed by atoms with Crippen molar-refractivity contribution >= 4 is 50.1 Å². The molecule has 0 spiro atoms. The molecule has 0 aliphatic heterocycles. The van der Waals surface area contributed by atoms with E-state index in [0.717, 1.165) is 16.8 Å². The second-order valence-corrected chi connectivity index (χ2v) is 7.96. The topological polar surface area (TPSA) is 58.4 Å². The summed E-state index contributed by atoms with van der Waals surface area (Å²) >= 11 is 9.35. The van der Waals surface area contributed by atoms with Crippen molar-refractivity contribution in [2.24, 2.45) is 0 Å². The van der Waals surface area contributed by atoms with Gasteiger partial charge in [-0.2, -0.15) is 0 Å². The van der Waals surface area contributed by atoms with Gasteiger partial charge in [-0.3, -0.25) is 4.79 Å². The fraction of sp³-hybridized carbons (Fsp3) is 0.300. The number of nitrogens with zero attached hydrogens (tertiary/aromatic N) is 2. The van der Waals surface area contributed by atoms with Crippen LogP contribution in [0.4, 0.5) is 11.6 Å². The van der Waals surface area contributed by atoms with Crippen molar-refractivity contribution in [3.05, 3.63) is 60.9 Å². The maximum absolute atomic E-state index is 12.9. The van der Waals surface area contributed by atoms with E-state index in [1.54, 1.807) is 13.0 Å². The lowest BCUT2D eigenvalue weighted by atomic mass is 10.0. The Hall–Kier alpha value is -2.05. The second-order valence-electron chi connectivity index (χ2n) is 6.82. The molecule has 3 aromatic rings. The van der Waals surface area contributed by atoms with E-state index in [2.05, 4.69) is 26.2 Å². The minimum atomic E-state index is -0.118. The van der Waals surface area contributed by atoms with Crippen molar-refractivity contribution in [2.45, 2.75) is 26.8 Å². The van der Waals surface area contributed by atoms with Gasteiger partial charge in [-0.1, -0.05) is 17.7 Å². The summed E-state index contributed by atoms with van der Waals surface area (Å²) in [5.41, 5.74) is 3.92. The zero-order valence-electron chi connectivity index (χ0n) is 15.9. The summed E-state index contributed by atoms with van der Waals surface area (Å²) in [4.78, 5) is 18.9. The van der Waals surface area contributed by atoms with Crippen LogP contribution < -0.4 is 15.6 Å². The summed E-state index contributed by atoms with van der Waals surface area (Å²) in [5.74, 6) is 0.569. The Balaban J connectivity index is 2.16. The first kappa shape index (κ1) is 19.7. The first-order chi connectivity index (χ1) is 12.7. The van der Waals surface area contributed by atoms with Crippen molar-refractivity contribution in [1.29, 1.82) is 0 Å². The maximum Gasteiger partial charge on any atom is 0.202 e. The van der Waals surface area contributed by atoms with Gasteiger partial charge in [-0.15, -0.1) is 0 Å². The molecule has 0 saturated carbocycles. The van der Waals surface area contributed by atoms with Crippen LogP contribution in [-0.4, -0.2) is 19.1 Å². The van der Waals surface area contributed by atoms with Gasteiger partial charge < -0.3 is 14.6 Å². The number of hydrogen-bond donors (Lipinski definition) is 1. The summed E-state index contributed by atoms with van der Waals surface area (Å²) in [6, 6.07) is 7.38. The van der Waals surface area contributed by atoms with E-state index in [9.17, 15) is 4.79 Å². The lowest BCUT2D eigenvalue weighted by molar-refractivity contribution is 0.585. The number of halogens is 2. The number of rotatable bonds is 4. The van der Waals surface area contributed by atoms with E-state index in [1.165, 1.54) is 0 Å². The Morgan fingerprint density at radius 1 is 1.26 bits per heavy atom. The van der Waals surface area contributed by atoms with Crippen LogP contribution in [0.15, 0.2) is 38.1 Å². The Morgan fingerprint density at radius 2 is 1.96 bits per heavy atom. The number of aryl methyl sites for hydroxylation is 1. The fourth-order valence-corrected chi connectivity index (χ4v) is 3.82. The zero-order chi connectivity index (χ0) is 19.9. The number of anilines is 2. The second kappa shape index (κ2) is 7.52. The van der Waals surface area contributed by atoms with Crippen molar-refractivity contribution < 1.29 is 4.42 Å². The molecule has 0 aliphatic rings. The van der Waals surface area contributed by atoms with Gasteiger partial charge in [0, 0.05) is 19.7 Å². The molecule has 0 fully saturated rings. The Bertz CT molecular complexity index is 1080. The van der Waals surface area contributed by atoms with Crippen molar-refractivity contribution in [1.82, 2.24) is 4.98 Å². The monoisotopic (exact) mass is 449 g/mol. The third-order valence-corrected chi connectivity index (χ3v) is 5.24. The molecule has 27 heavy (non-hydrogen) atoms. The van der Waals surface area contributed by atoms with Crippen molar-refractivity contribution in [3.63, 3.8) is 0 Å². The zero-order valence-corrected chi connectivity index (χ0v) is 18.2. The molecule has 1 N–H and O–H groups in total. The highest BCUT2D eigenvalue weighted by Gasteiger charge is 2.19. The van der Waals surface area contributed by atoms with Crippen LogP contribution in [0.2, 0.25) is 5.15 Å². The smallest absolute Gasteiger partial charge is 0.202 e. The number of aromatic nitrogens is 1. The normalized spacial score (nSPS) is 12.3. The minimum absolute atomic E-state index is 0.00793. The molecule has 1 aromatic carbocycles. The Labute approximate surface area is 171 Å². The highest BCUT2D eigenvalue weighted by Crippen LogP contribution is 2.32. The third kappa shape index (κ3) is 3.82. The van der Waals surface area contributed by atoms with E-state index in [-0.39, 0.29) is 11.5 Å². The van der Waals surface area contributed by atoms with Gasteiger partial charge >= 0.3 is 0 Å². The summed E-state index contributed by atoms with van der Waals surface area (Å²) in [5, 5.41) is 4.42. The van der Waals surface area contributed by atoms with Crippen LogP contribution in [0.5, 0.6) is 0 Å². The number of fused-ring (bicyclic) bond motifs is 1. The molecule has 1 atom stereocenters. The Kier molecular flexibility index (Phi) is 5.49. The van der Waals surface area contributed by atoms with Crippen LogP contribution in [0.1, 0.15) is 29.7 Å². The first-order valence-electron chi connectivity index (χ1n) is 8.53. The molecule has 1 unspecified atom stereocenters. The number of hydrogen-bond acceptors (Lipinski definition) is 5.